The van der Waals surface area contributed by atoms with Gasteiger partial charge in [-0.2, -0.15) is 0 Å². The zero-order chi connectivity index (χ0) is 17.2. The lowest BCUT2D eigenvalue weighted by molar-refractivity contribution is -0.131. The number of carbonyl (C=O) groups is 2. The van der Waals surface area contributed by atoms with Crippen molar-refractivity contribution in [1.82, 2.24) is 10.2 Å². The second-order valence-electron chi connectivity index (χ2n) is 7.19. The Balaban J connectivity index is 0.00000196. The molecule has 0 aromatic heterocycles. The number of rotatable bonds is 3. The predicted molar refractivity (Wildman–Crippen MR) is 107 cm³/mol. The van der Waals surface area contributed by atoms with Gasteiger partial charge in [0.2, 0.25) is 11.8 Å². The van der Waals surface area contributed by atoms with Gasteiger partial charge in [-0.1, -0.05) is 12.1 Å². The minimum Gasteiger partial charge on any atom is -0.343 e. The van der Waals surface area contributed by atoms with Crippen molar-refractivity contribution < 1.29 is 9.59 Å². The number of hydrogen-bond donors (Lipinski definition) is 1. The topological polar surface area (TPSA) is 52.7 Å². The lowest BCUT2D eigenvalue weighted by atomic mass is 9.92. The Bertz CT molecular complexity index is 658. The maximum atomic E-state index is 12.7. The number of benzene rings is 1. The van der Waals surface area contributed by atoms with Crippen LogP contribution in [0, 0.1) is 11.8 Å². The number of thioether (sulfide) groups is 1. The first kappa shape index (κ1) is 19.5. The van der Waals surface area contributed by atoms with E-state index in [4.69, 9.17) is 0 Å². The zero-order valence-electron chi connectivity index (χ0n) is 14.9. The van der Waals surface area contributed by atoms with Crippen LogP contribution in [-0.2, 0) is 9.59 Å². The molecule has 0 spiro atoms. The molecule has 3 aliphatic rings. The molecule has 0 aliphatic carbocycles. The van der Waals surface area contributed by atoms with Gasteiger partial charge in [-0.25, -0.2) is 0 Å². The minimum atomic E-state index is 0. The number of nitrogens with zero attached hydrogens (tertiary/aromatic N) is 2. The molecule has 3 heterocycles. The SMILES string of the molecule is Cl.O=C(CCN1C(=O)CSc2ccccc21)N1CC[C@@H]2CNC[C@@H]2CC1. The molecule has 2 saturated heterocycles. The monoisotopic (exact) mass is 395 g/mol. The molecular weight excluding hydrogens is 370 g/mol. The third-order valence-electron chi connectivity index (χ3n) is 5.73. The normalized spacial score (nSPS) is 25.2. The summed E-state index contributed by atoms with van der Waals surface area (Å²) < 4.78 is 0. The molecule has 2 fully saturated rings. The highest BCUT2D eigenvalue weighted by atomic mass is 35.5. The highest BCUT2D eigenvalue weighted by molar-refractivity contribution is 8.00. The molecule has 0 saturated carbocycles. The Labute approximate surface area is 165 Å². The molecule has 142 valence electrons. The quantitative estimate of drug-likeness (QED) is 0.853. The summed E-state index contributed by atoms with van der Waals surface area (Å²) >= 11 is 1.58. The van der Waals surface area contributed by atoms with Crippen molar-refractivity contribution in [3.63, 3.8) is 0 Å². The third kappa shape index (κ3) is 4.02. The van der Waals surface area contributed by atoms with E-state index in [2.05, 4.69) is 5.32 Å². The van der Waals surface area contributed by atoms with Crippen LogP contribution in [0.15, 0.2) is 29.2 Å². The van der Waals surface area contributed by atoms with Gasteiger partial charge in [0.25, 0.3) is 0 Å². The summed E-state index contributed by atoms with van der Waals surface area (Å²) in [4.78, 5) is 29.9. The van der Waals surface area contributed by atoms with Gasteiger partial charge < -0.3 is 15.1 Å². The molecule has 3 aliphatic heterocycles. The van der Waals surface area contributed by atoms with E-state index in [-0.39, 0.29) is 24.2 Å². The molecule has 1 aromatic rings. The second-order valence-corrected chi connectivity index (χ2v) is 8.21. The van der Waals surface area contributed by atoms with E-state index >= 15 is 0 Å². The lowest BCUT2D eigenvalue weighted by Gasteiger charge is -2.29. The van der Waals surface area contributed by atoms with Crippen LogP contribution >= 0.6 is 24.2 Å². The standard InChI is InChI=1S/C19H25N3O2S.ClH/c23-18(21-8-5-14-11-20-12-15(14)6-9-21)7-10-22-16-3-1-2-4-17(16)25-13-19(22)24;/h1-4,14-15,20H,5-13H2;1H/t14-,15+;. The molecule has 26 heavy (non-hydrogen) atoms. The van der Waals surface area contributed by atoms with Crippen molar-refractivity contribution in [3.05, 3.63) is 24.3 Å². The van der Waals surface area contributed by atoms with Crippen molar-refractivity contribution in [2.75, 3.05) is 43.4 Å². The number of hydrogen-bond acceptors (Lipinski definition) is 4. The molecular formula is C19H26ClN3O2S. The minimum absolute atomic E-state index is 0. The second kappa shape index (κ2) is 8.63. The Hall–Kier alpha value is -1.24. The summed E-state index contributed by atoms with van der Waals surface area (Å²) in [5.41, 5.74) is 0.952. The van der Waals surface area contributed by atoms with Gasteiger partial charge in [0.15, 0.2) is 0 Å². The van der Waals surface area contributed by atoms with Gasteiger partial charge >= 0.3 is 0 Å². The summed E-state index contributed by atoms with van der Waals surface area (Å²) in [6.45, 7) is 4.41. The molecule has 0 unspecified atom stereocenters. The van der Waals surface area contributed by atoms with Crippen LogP contribution < -0.4 is 10.2 Å². The van der Waals surface area contributed by atoms with Gasteiger partial charge in [-0.3, -0.25) is 9.59 Å². The van der Waals surface area contributed by atoms with E-state index in [1.54, 1.807) is 16.7 Å². The number of amides is 2. The maximum absolute atomic E-state index is 12.7. The first-order chi connectivity index (χ1) is 12.2. The zero-order valence-corrected chi connectivity index (χ0v) is 16.5. The van der Waals surface area contributed by atoms with Crippen LogP contribution in [0.2, 0.25) is 0 Å². The highest BCUT2D eigenvalue weighted by Crippen LogP contribution is 2.35. The fraction of sp³-hybridized carbons (Fsp3) is 0.579. The molecule has 1 N–H and O–H groups in total. The molecule has 2 atom stereocenters. The summed E-state index contributed by atoms with van der Waals surface area (Å²) in [5, 5.41) is 3.47. The van der Waals surface area contributed by atoms with Crippen molar-refractivity contribution in [1.29, 1.82) is 0 Å². The molecule has 0 radical (unpaired) electrons. The Kier molecular flexibility index (Phi) is 6.48. The van der Waals surface area contributed by atoms with Crippen LogP contribution in [0.4, 0.5) is 5.69 Å². The number of anilines is 1. The summed E-state index contributed by atoms with van der Waals surface area (Å²) in [6, 6.07) is 7.97. The van der Waals surface area contributed by atoms with Crippen LogP contribution in [0.3, 0.4) is 0 Å². The van der Waals surface area contributed by atoms with Gasteiger partial charge in [0, 0.05) is 31.0 Å². The van der Waals surface area contributed by atoms with E-state index in [9.17, 15) is 9.59 Å². The average molecular weight is 396 g/mol. The van der Waals surface area contributed by atoms with Crippen LogP contribution in [0.25, 0.3) is 0 Å². The van der Waals surface area contributed by atoms with E-state index < -0.39 is 0 Å². The molecule has 2 amide bonds. The largest absolute Gasteiger partial charge is 0.343 e. The molecule has 5 nitrogen and oxygen atoms in total. The average Bonchev–Trinajstić information content (AvgIpc) is 2.99. The predicted octanol–water partition coefficient (Wildman–Crippen LogP) is 2.40. The lowest BCUT2D eigenvalue weighted by Crippen LogP contribution is -2.40. The van der Waals surface area contributed by atoms with Crippen molar-refractivity contribution in [2.24, 2.45) is 11.8 Å². The Morgan fingerprint density at radius 1 is 1.15 bits per heavy atom. The van der Waals surface area contributed by atoms with Crippen molar-refractivity contribution in [2.45, 2.75) is 24.2 Å². The molecule has 4 rings (SSSR count). The summed E-state index contributed by atoms with van der Waals surface area (Å²) in [6.07, 6.45) is 2.62. The number of nitrogens with one attached hydrogen (secondary N) is 1. The van der Waals surface area contributed by atoms with Gasteiger partial charge in [-0.05, 0) is 49.9 Å². The summed E-state index contributed by atoms with van der Waals surface area (Å²) in [7, 11) is 0. The van der Waals surface area contributed by atoms with E-state index in [0.29, 0.717) is 18.7 Å². The summed E-state index contributed by atoms with van der Waals surface area (Å²) in [5.74, 6) is 2.21. The number of para-hydroxylation sites is 1. The molecule has 7 heteroatoms. The number of halogens is 1. The Morgan fingerprint density at radius 2 is 1.85 bits per heavy atom. The van der Waals surface area contributed by atoms with Gasteiger partial charge in [0.05, 0.1) is 11.4 Å². The van der Waals surface area contributed by atoms with Crippen LogP contribution in [0.1, 0.15) is 19.3 Å². The van der Waals surface area contributed by atoms with Gasteiger partial charge in [0.1, 0.15) is 0 Å². The van der Waals surface area contributed by atoms with Gasteiger partial charge in [-0.15, -0.1) is 24.2 Å². The fourth-order valence-electron chi connectivity index (χ4n) is 4.23. The molecule has 0 bridgehead atoms. The highest BCUT2D eigenvalue weighted by Gasteiger charge is 2.32. The smallest absolute Gasteiger partial charge is 0.237 e. The van der Waals surface area contributed by atoms with E-state index in [1.807, 2.05) is 29.2 Å². The first-order valence-electron chi connectivity index (χ1n) is 9.23. The molecule has 1 aromatic carbocycles. The third-order valence-corrected chi connectivity index (χ3v) is 6.78. The van der Waals surface area contributed by atoms with E-state index in [0.717, 1.165) is 61.4 Å². The number of likely N-dealkylation sites (tertiary alicyclic amines) is 1. The number of fused-ring (bicyclic) bond motifs is 2. The van der Waals surface area contributed by atoms with Crippen LogP contribution in [0.5, 0.6) is 0 Å². The van der Waals surface area contributed by atoms with Crippen molar-refractivity contribution in [3.8, 4) is 0 Å². The Morgan fingerprint density at radius 3 is 2.58 bits per heavy atom. The van der Waals surface area contributed by atoms with Crippen LogP contribution in [-0.4, -0.2) is 55.2 Å². The number of carbonyl (C=O) groups excluding carboxylic acids is 2. The first-order valence-corrected chi connectivity index (χ1v) is 10.2. The maximum Gasteiger partial charge on any atom is 0.237 e. The van der Waals surface area contributed by atoms with E-state index in [1.165, 1.54) is 0 Å². The fourth-order valence-corrected chi connectivity index (χ4v) is 5.17. The van der Waals surface area contributed by atoms with Crippen molar-refractivity contribution >= 4 is 41.7 Å².